The van der Waals surface area contributed by atoms with Crippen LogP contribution in [0.25, 0.3) is 0 Å². The molecule has 2 rings (SSSR count). The first-order valence-electron chi connectivity index (χ1n) is 6.48. The molecule has 0 heterocycles. The summed E-state index contributed by atoms with van der Waals surface area (Å²) < 4.78 is 37.8. The highest BCUT2D eigenvalue weighted by Crippen LogP contribution is 2.35. The lowest BCUT2D eigenvalue weighted by Gasteiger charge is -2.19. The molecule has 0 fully saturated rings. The minimum absolute atomic E-state index is 0.0552. The number of rotatable bonds is 3. The smallest absolute Gasteiger partial charge is 0.377 e. The molecule has 0 bridgehead atoms. The molecule has 0 aliphatic rings. The van der Waals surface area contributed by atoms with Crippen molar-refractivity contribution in [3.63, 3.8) is 0 Å². The average Bonchev–Trinajstić information content (AvgIpc) is 2.40. The van der Waals surface area contributed by atoms with Crippen molar-refractivity contribution < 1.29 is 13.2 Å². The lowest BCUT2D eigenvalue weighted by atomic mass is 10.0. The largest absolute Gasteiger partial charge is 0.416 e. The Morgan fingerprint density at radius 3 is 2.33 bits per heavy atom. The number of nitrogens with one attached hydrogen (secondary N) is 1. The van der Waals surface area contributed by atoms with Crippen LogP contribution in [0, 0.1) is 6.92 Å². The molecule has 21 heavy (non-hydrogen) atoms. The maximum Gasteiger partial charge on any atom is 0.416 e. The fourth-order valence-corrected chi connectivity index (χ4v) is 2.43. The van der Waals surface area contributed by atoms with E-state index in [0.29, 0.717) is 5.69 Å². The lowest BCUT2D eigenvalue weighted by Crippen LogP contribution is -2.10. The molecule has 0 aliphatic heterocycles. The van der Waals surface area contributed by atoms with Crippen LogP contribution in [-0.4, -0.2) is 0 Å². The standard InChI is InChI=1S/C16H15ClF3N/c1-10-5-3-4-6-13(10)11(2)21-15-8-7-12(9-14(15)17)16(18,19)20/h3-9,11,21H,1-2H3. The molecule has 5 heteroatoms. The Hall–Kier alpha value is -1.68. The van der Waals surface area contributed by atoms with Crippen LogP contribution in [0.4, 0.5) is 18.9 Å². The molecular formula is C16H15ClF3N. The van der Waals surface area contributed by atoms with Gasteiger partial charge in [0.15, 0.2) is 0 Å². The highest BCUT2D eigenvalue weighted by Gasteiger charge is 2.30. The molecule has 2 aromatic carbocycles. The summed E-state index contributed by atoms with van der Waals surface area (Å²) in [5.74, 6) is 0. The minimum atomic E-state index is -4.39. The molecule has 1 atom stereocenters. The minimum Gasteiger partial charge on any atom is -0.377 e. The zero-order valence-electron chi connectivity index (χ0n) is 11.6. The Labute approximate surface area is 126 Å². The zero-order valence-corrected chi connectivity index (χ0v) is 12.4. The second-order valence-corrected chi connectivity index (χ2v) is 5.32. The summed E-state index contributed by atoms with van der Waals surface area (Å²) in [7, 11) is 0. The van der Waals surface area contributed by atoms with Gasteiger partial charge in [0, 0.05) is 6.04 Å². The van der Waals surface area contributed by atoms with Crippen LogP contribution in [0.5, 0.6) is 0 Å². The van der Waals surface area contributed by atoms with Crippen LogP contribution in [0.1, 0.15) is 29.7 Å². The van der Waals surface area contributed by atoms with Gasteiger partial charge < -0.3 is 5.32 Å². The van der Waals surface area contributed by atoms with Gasteiger partial charge in [0.1, 0.15) is 0 Å². The van der Waals surface area contributed by atoms with E-state index in [-0.39, 0.29) is 11.1 Å². The van der Waals surface area contributed by atoms with Gasteiger partial charge in [0.2, 0.25) is 0 Å². The predicted octanol–water partition coefficient (Wildman–Crippen LogP) is 5.84. The topological polar surface area (TPSA) is 12.0 Å². The van der Waals surface area contributed by atoms with Crippen LogP contribution in [0.15, 0.2) is 42.5 Å². The van der Waals surface area contributed by atoms with Gasteiger partial charge in [-0.25, -0.2) is 0 Å². The van der Waals surface area contributed by atoms with Gasteiger partial charge in [-0.15, -0.1) is 0 Å². The average molecular weight is 314 g/mol. The number of alkyl halides is 3. The van der Waals surface area contributed by atoms with E-state index < -0.39 is 11.7 Å². The van der Waals surface area contributed by atoms with Crippen molar-refractivity contribution >= 4 is 17.3 Å². The molecule has 1 nitrogen and oxygen atoms in total. The second-order valence-electron chi connectivity index (χ2n) is 4.91. The van der Waals surface area contributed by atoms with Crippen LogP contribution >= 0.6 is 11.6 Å². The Balaban J connectivity index is 2.23. The van der Waals surface area contributed by atoms with E-state index in [1.807, 2.05) is 38.1 Å². The molecule has 0 aromatic heterocycles. The number of aryl methyl sites for hydroxylation is 1. The molecule has 0 saturated heterocycles. The Kier molecular flexibility index (Phi) is 4.47. The molecule has 0 spiro atoms. The first-order valence-corrected chi connectivity index (χ1v) is 6.85. The normalized spacial score (nSPS) is 13.0. The number of hydrogen-bond acceptors (Lipinski definition) is 1. The maximum absolute atomic E-state index is 12.6. The van der Waals surface area contributed by atoms with Crippen molar-refractivity contribution in [1.82, 2.24) is 0 Å². The summed E-state index contributed by atoms with van der Waals surface area (Å²) in [6, 6.07) is 11.1. The van der Waals surface area contributed by atoms with Gasteiger partial charge in [0.05, 0.1) is 16.3 Å². The third-order valence-electron chi connectivity index (χ3n) is 3.32. The van der Waals surface area contributed by atoms with E-state index in [1.54, 1.807) is 0 Å². The van der Waals surface area contributed by atoms with Gasteiger partial charge >= 0.3 is 6.18 Å². The van der Waals surface area contributed by atoms with Crippen LogP contribution in [-0.2, 0) is 6.18 Å². The van der Waals surface area contributed by atoms with Crippen LogP contribution in [0.2, 0.25) is 5.02 Å². The van der Waals surface area contributed by atoms with Gasteiger partial charge in [-0.05, 0) is 43.2 Å². The molecule has 1 N–H and O–H groups in total. The number of hydrogen-bond donors (Lipinski definition) is 1. The Bertz CT molecular complexity index is 638. The third kappa shape index (κ3) is 3.70. The van der Waals surface area contributed by atoms with Crippen molar-refractivity contribution in [3.05, 3.63) is 64.2 Å². The highest BCUT2D eigenvalue weighted by molar-refractivity contribution is 6.33. The zero-order chi connectivity index (χ0) is 15.6. The van der Waals surface area contributed by atoms with Gasteiger partial charge in [-0.1, -0.05) is 35.9 Å². The van der Waals surface area contributed by atoms with Crippen molar-refractivity contribution in [3.8, 4) is 0 Å². The molecule has 0 radical (unpaired) electrons. The second kappa shape index (κ2) is 5.98. The van der Waals surface area contributed by atoms with E-state index in [0.717, 1.165) is 23.3 Å². The van der Waals surface area contributed by atoms with E-state index in [9.17, 15) is 13.2 Å². The summed E-state index contributed by atoms with van der Waals surface area (Å²) in [6.45, 7) is 3.93. The van der Waals surface area contributed by atoms with E-state index in [1.165, 1.54) is 6.07 Å². The monoisotopic (exact) mass is 313 g/mol. The fraction of sp³-hybridized carbons (Fsp3) is 0.250. The third-order valence-corrected chi connectivity index (χ3v) is 3.64. The fourth-order valence-electron chi connectivity index (χ4n) is 2.19. The maximum atomic E-state index is 12.6. The molecule has 1 unspecified atom stereocenters. The number of halogens is 4. The number of benzene rings is 2. The summed E-state index contributed by atoms with van der Waals surface area (Å²) in [5.41, 5.74) is 1.93. The quantitative estimate of drug-likeness (QED) is 0.750. The Morgan fingerprint density at radius 2 is 1.76 bits per heavy atom. The molecule has 0 saturated carbocycles. The summed E-state index contributed by atoms with van der Waals surface area (Å²) >= 11 is 5.94. The first-order chi connectivity index (χ1) is 9.79. The molecular weight excluding hydrogens is 299 g/mol. The molecule has 0 aliphatic carbocycles. The van der Waals surface area contributed by atoms with Gasteiger partial charge in [-0.2, -0.15) is 13.2 Å². The summed E-state index contributed by atoms with van der Waals surface area (Å²) in [4.78, 5) is 0. The summed E-state index contributed by atoms with van der Waals surface area (Å²) in [6.07, 6.45) is -4.39. The van der Waals surface area contributed by atoms with Crippen molar-refractivity contribution in [2.45, 2.75) is 26.1 Å². The van der Waals surface area contributed by atoms with Gasteiger partial charge in [-0.3, -0.25) is 0 Å². The van der Waals surface area contributed by atoms with Gasteiger partial charge in [0.25, 0.3) is 0 Å². The molecule has 2 aromatic rings. The molecule has 0 amide bonds. The van der Waals surface area contributed by atoms with Crippen molar-refractivity contribution in [1.29, 1.82) is 0 Å². The Morgan fingerprint density at radius 1 is 1.10 bits per heavy atom. The van der Waals surface area contributed by atoms with Crippen molar-refractivity contribution in [2.24, 2.45) is 0 Å². The number of anilines is 1. The molecule has 112 valence electrons. The van der Waals surface area contributed by atoms with E-state index in [4.69, 9.17) is 11.6 Å². The van der Waals surface area contributed by atoms with E-state index in [2.05, 4.69) is 5.32 Å². The highest BCUT2D eigenvalue weighted by atomic mass is 35.5. The van der Waals surface area contributed by atoms with Crippen molar-refractivity contribution in [2.75, 3.05) is 5.32 Å². The SMILES string of the molecule is Cc1ccccc1C(C)Nc1ccc(C(F)(F)F)cc1Cl. The summed E-state index contributed by atoms with van der Waals surface area (Å²) in [5, 5.41) is 3.21. The first kappa shape index (κ1) is 15.7. The lowest BCUT2D eigenvalue weighted by molar-refractivity contribution is -0.137. The van der Waals surface area contributed by atoms with Crippen LogP contribution in [0.3, 0.4) is 0 Å². The van der Waals surface area contributed by atoms with E-state index >= 15 is 0 Å². The predicted molar refractivity (Wildman–Crippen MR) is 79.7 cm³/mol. The van der Waals surface area contributed by atoms with Crippen LogP contribution < -0.4 is 5.32 Å².